The normalized spacial score (nSPS) is 20.4. The second-order valence-electron chi connectivity index (χ2n) is 9.33. The zero-order valence-corrected chi connectivity index (χ0v) is 20.6. The van der Waals surface area contributed by atoms with Crippen molar-refractivity contribution in [3.8, 4) is 0 Å². The van der Waals surface area contributed by atoms with E-state index in [-0.39, 0.29) is 30.2 Å². The van der Waals surface area contributed by atoms with Crippen molar-refractivity contribution >= 4 is 40.4 Å². The molecule has 2 saturated heterocycles. The molecule has 7 heteroatoms. The minimum absolute atomic E-state index is 0.0511. The smallest absolute Gasteiger partial charge is 0.230 e. The van der Waals surface area contributed by atoms with Gasteiger partial charge in [0.15, 0.2) is 0 Å². The minimum Gasteiger partial charge on any atom is -0.338 e. The molecule has 0 radical (unpaired) electrons. The highest BCUT2D eigenvalue weighted by molar-refractivity contribution is 7.10. The zero-order chi connectivity index (χ0) is 24.4. The number of nitrogens with zero attached hydrogens (tertiary/aromatic N) is 2. The van der Waals surface area contributed by atoms with E-state index in [4.69, 9.17) is 0 Å². The van der Waals surface area contributed by atoms with Crippen LogP contribution in [0.15, 0.2) is 66.0 Å². The van der Waals surface area contributed by atoms with Crippen molar-refractivity contribution in [3.05, 3.63) is 82.0 Å². The Morgan fingerprint density at radius 2 is 1.86 bits per heavy atom. The fourth-order valence-corrected chi connectivity index (χ4v) is 5.88. The molecule has 1 aromatic heterocycles. The number of rotatable bonds is 6. The number of hydrogen-bond acceptors (Lipinski definition) is 4. The van der Waals surface area contributed by atoms with E-state index < -0.39 is 5.92 Å². The molecule has 0 aliphatic carbocycles. The van der Waals surface area contributed by atoms with Crippen molar-refractivity contribution in [1.82, 2.24) is 4.90 Å². The van der Waals surface area contributed by atoms with Crippen molar-refractivity contribution < 1.29 is 14.4 Å². The van der Waals surface area contributed by atoms with E-state index >= 15 is 0 Å². The summed E-state index contributed by atoms with van der Waals surface area (Å²) in [5, 5.41) is 5.03. The first-order valence-electron chi connectivity index (χ1n) is 12.1. The van der Waals surface area contributed by atoms with Gasteiger partial charge in [-0.3, -0.25) is 14.4 Å². The third-order valence-electron chi connectivity index (χ3n) is 6.80. The average molecular weight is 488 g/mol. The Morgan fingerprint density at radius 3 is 2.60 bits per heavy atom. The van der Waals surface area contributed by atoms with E-state index in [1.165, 1.54) is 0 Å². The van der Waals surface area contributed by atoms with Gasteiger partial charge in [0.1, 0.15) is 0 Å². The number of amides is 3. The van der Waals surface area contributed by atoms with Gasteiger partial charge >= 0.3 is 0 Å². The Kier molecular flexibility index (Phi) is 6.68. The fraction of sp³-hybridized carbons (Fsp3) is 0.321. The van der Waals surface area contributed by atoms with Crippen molar-refractivity contribution in [1.29, 1.82) is 0 Å². The summed E-state index contributed by atoms with van der Waals surface area (Å²) in [4.78, 5) is 43.5. The molecule has 0 spiro atoms. The predicted molar refractivity (Wildman–Crippen MR) is 138 cm³/mol. The minimum atomic E-state index is -0.505. The number of aryl methyl sites for hydroxylation is 1. The molecule has 2 unspecified atom stereocenters. The van der Waals surface area contributed by atoms with Gasteiger partial charge in [-0.2, -0.15) is 0 Å². The number of thiophene rings is 1. The van der Waals surface area contributed by atoms with Crippen LogP contribution in [0.4, 0.5) is 11.4 Å². The summed E-state index contributed by atoms with van der Waals surface area (Å²) < 4.78 is 0. The SMILES string of the molecule is Cc1ccc(N2C(=O)CC(C(=O)Nc3cccc(CN4CCCCC4=O)c3)C2c2cccs2)cc1. The Hall–Kier alpha value is -3.45. The molecule has 3 heterocycles. The first-order chi connectivity index (χ1) is 17.0. The van der Waals surface area contributed by atoms with E-state index in [0.717, 1.165) is 41.1 Å². The van der Waals surface area contributed by atoms with Gasteiger partial charge in [0.25, 0.3) is 0 Å². The first-order valence-corrected chi connectivity index (χ1v) is 13.0. The van der Waals surface area contributed by atoms with Crippen LogP contribution >= 0.6 is 11.3 Å². The van der Waals surface area contributed by atoms with Crippen molar-refractivity contribution in [3.63, 3.8) is 0 Å². The molecule has 2 atom stereocenters. The van der Waals surface area contributed by atoms with E-state index in [1.54, 1.807) is 16.2 Å². The second-order valence-corrected chi connectivity index (χ2v) is 10.3. The van der Waals surface area contributed by atoms with Gasteiger partial charge in [-0.05, 0) is 61.0 Å². The van der Waals surface area contributed by atoms with Crippen LogP contribution in [0.1, 0.15) is 47.7 Å². The molecule has 2 aromatic carbocycles. The number of likely N-dealkylation sites (tertiary alicyclic amines) is 1. The number of piperidine rings is 1. The lowest BCUT2D eigenvalue weighted by atomic mass is 9.97. The Labute approximate surface area is 209 Å². The fourth-order valence-electron chi connectivity index (χ4n) is 5.00. The largest absolute Gasteiger partial charge is 0.338 e. The van der Waals surface area contributed by atoms with Crippen LogP contribution in [0.2, 0.25) is 0 Å². The van der Waals surface area contributed by atoms with E-state index in [1.807, 2.05) is 77.9 Å². The number of nitrogens with one attached hydrogen (secondary N) is 1. The lowest BCUT2D eigenvalue weighted by Crippen LogP contribution is -2.34. The highest BCUT2D eigenvalue weighted by atomic mass is 32.1. The lowest BCUT2D eigenvalue weighted by molar-refractivity contribution is -0.133. The van der Waals surface area contributed by atoms with Gasteiger partial charge in [0.05, 0.1) is 12.0 Å². The summed E-state index contributed by atoms with van der Waals surface area (Å²) in [7, 11) is 0. The van der Waals surface area contributed by atoms with Crippen LogP contribution in [0.5, 0.6) is 0 Å². The number of hydrogen-bond donors (Lipinski definition) is 1. The number of carbonyl (C=O) groups excluding carboxylic acids is 3. The molecular weight excluding hydrogens is 458 g/mol. The standard InChI is InChI=1S/C28H29N3O3S/c1-19-10-12-22(13-11-19)31-26(33)17-23(27(31)24-8-5-15-35-24)28(34)29-21-7-4-6-20(16-21)18-30-14-3-2-9-25(30)32/h4-8,10-13,15-16,23,27H,2-3,9,14,17-18H2,1H3,(H,29,34). The highest BCUT2D eigenvalue weighted by Crippen LogP contribution is 2.43. The maximum Gasteiger partial charge on any atom is 0.230 e. The molecule has 1 N–H and O–H groups in total. The van der Waals surface area contributed by atoms with Gasteiger partial charge < -0.3 is 15.1 Å². The third-order valence-corrected chi connectivity index (χ3v) is 7.74. The summed E-state index contributed by atoms with van der Waals surface area (Å²) in [6.45, 7) is 3.33. The number of carbonyl (C=O) groups is 3. The third kappa shape index (κ3) is 5.00. The number of anilines is 2. The van der Waals surface area contributed by atoms with Gasteiger partial charge in [0, 0.05) is 42.2 Å². The maximum absolute atomic E-state index is 13.5. The van der Waals surface area contributed by atoms with Crippen molar-refractivity contribution in [2.75, 3.05) is 16.8 Å². The van der Waals surface area contributed by atoms with Crippen LogP contribution in [0.25, 0.3) is 0 Å². The monoisotopic (exact) mass is 487 g/mol. The molecule has 3 amide bonds. The molecule has 0 saturated carbocycles. The highest BCUT2D eigenvalue weighted by Gasteiger charge is 2.45. The van der Waals surface area contributed by atoms with Gasteiger partial charge in [-0.15, -0.1) is 11.3 Å². The Balaban J connectivity index is 1.36. The van der Waals surface area contributed by atoms with Crippen LogP contribution < -0.4 is 10.2 Å². The molecule has 180 valence electrons. The number of benzene rings is 2. The Bertz CT molecular complexity index is 1220. The predicted octanol–water partition coefficient (Wildman–Crippen LogP) is 5.30. The van der Waals surface area contributed by atoms with Crippen LogP contribution in [0.3, 0.4) is 0 Å². The molecule has 2 aliphatic heterocycles. The molecular formula is C28H29N3O3S. The summed E-state index contributed by atoms with van der Waals surface area (Å²) in [6.07, 6.45) is 2.74. The van der Waals surface area contributed by atoms with E-state index in [0.29, 0.717) is 18.7 Å². The average Bonchev–Trinajstić information content (AvgIpc) is 3.49. The van der Waals surface area contributed by atoms with Gasteiger partial charge in [-0.1, -0.05) is 35.9 Å². The van der Waals surface area contributed by atoms with E-state index in [9.17, 15) is 14.4 Å². The zero-order valence-electron chi connectivity index (χ0n) is 19.8. The second kappa shape index (κ2) is 10.0. The van der Waals surface area contributed by atoms with Gasteiger partial charge in [-0.25, -0.2) is 0 Å². The molecule has 2 aliphatic rings. The summed E-state index contributed by atoms with van der Waals surface area (Å²) in [5.41, 5.74) is 3.59. The van der Waals surface area contributed by atoms with Crippen LogP contribution in [-0.4, -0.2) is 29.2 Å². The lowest BCUT2D eigenvalue weighted by Gasteiger charge is -2.28. The summed E-state index contributed by atoms with van der Waals surface area (Å²) in [6, 6.07) is 19.1. The van der Waals surface area contributed by atoms with Crippen LogP contribution in [0, 0.1) is 12.8 Å². The Morgan fingerprint density at radius 1 is 1.03 bits per heavy atom. The van der Waals surface area contributed by atoms with Gasteiger partial charge in [0.2, 0.25) is 17.7 Å². The molecule has 35 heavy (non-hydrogen) atoms. The first kappa shape index (κ1) is 23.3. The summed E-state index contributed by atoms with van der Waals surface area (Å²) in [5.74, 6) is -0.540. The molecule has 6 nitrogen and oxygen atoms in total. The topological polar surface area (TPSA) is 69.7 Å². The summed E-state index contributed by atoms with van der Waals surface area (Å²) >= 11 is 1.56. The maximum atomic E-state index is 13.5. The van der Waals surface area contributed by atoms with Crippen molar-refractivity contribution in [2.45, 2.75) is 45.2 Å². The molecule has 2 fully saturated rings. The molecule has 3 aromatic rings. The van der Waals surface area contributed by atoms with E-state index in [2.05, 4.69) is 5.32 Å². The molecule has 0 bridgehead atoms. The van der Waals surface area contributed by atoms with Crippen molar-refractivity contribution in [2.24, 2.45) is 5.92 Å². The molecule has 5 rings (SSSR count). The quantitative estimate of drug-likeness (QED) is 0.513. The van der Waals surface area contributed by atoms with Crippen LogP contribution in [-0.2, 0) is 20.9 Å².